The smallest absolute Gasteiger partial charge is 0.264 e. The van der Waals surface area contributed by atoms with Crippen molar-refractivity contribution in [3.8, 4) is 17.1 Å². The van der Waals surface area contributed by atoms with E-state index >= 15 is 0 Å². The topological polar surface area (TPSA) is 57.1 Å². The van der Waals surface area contributed by atoms with Gasteiger partial charge in [0.2, 0.25) is 5.78 Å². The summed E-state index contributed by atoms with van der Waals surface area (Å²) in [7, 11) is 0. The van der Waals surface area contributed by atoms with Crippen LogP contribution in [0.25, 0.3) is 56.0 Å². The Hall–Kier alpha value is -4.71. The summed E-state index contributed by atoms with van der Waals surface area (Å²) >= 11 is 0. The van der Waals surface area contributed by atoms with Gasteiger partial charge >= 0.3 is 0 Å². The van der Waals surface area contributed by atoms with E-state index in [0.717, 1.165) is 50.1 Å². The molecule has 4 aromatic carbocycles. The molecule has 0 atom stereocenters. The van der Waals surface area contributed by atoms with E-state index in [9.17, 15) is 4.79 Å². The predicted octanol–water partition coefficient (Wildman–Crippen LogP) is 5.45. The molecule has 0 N–H and O–H groups in total. The molecule has 7 aromatic rings. The lowest BCUT2D eigenvalue weighted by atomic mass is 10.1. The zero-order valence-electron chi connectivity index (χ0n) is 17.3. The average Bonchev–Trinajstić information content (AvgIpc) is 3.57. The van der Waals surface area contributed by atoms with Crippen molar-refractivity contribution in [2.75, 3.05) is 0 Å². The van der Waals surface area contributed by atoms with Gasteiger partial charge in [0.25, 0.3) is 5.91 Å². The van der Waals surface area contributed by atoms with Crippen LogP contribution in [0.15, 0.2) is 91.0 Å². The van der Waals surface area contributed by atoms with Gasteiger partial charge in [-0.15, -0.1) is 0 Å². The lowest BCUT2D eigenvalue weighted by molar-refractivity contribution is 0.0973. The second-order valence-corrected chi connectivity index (χ2v) is 8.32. The number of hydrogen-bond donors (Lipinski definition) is 0. The molecule has 0 fully saturated rings. The van der Waals surface area contributed by atoms with Gasteiger partial charge in [-0.3, -0.25) is 18.3 Å². The van der Waals surface area contributed by atoms with Crippen molar-refractivity contribution in [3.63, 3.8) is 0 Å². The summed E-state index contributed by atoms with van der Waals surface area (Å²) in [6.45, 7) is 0. The molecule has 0 amide bonds. The molecular formula is C27H15N5O. The lowest BCUT2D eigenvalue weighted by Gasteiger charge is -2.10. The number of benzene rings is 4. The van der Waals surface area contributed by atoms with Crippen molar-refractivity contribution in [3.05, 3.63) is 96.6 Å². The van der Waals surface area contributed by atoms with Gasteiger partial charge in [0.15, 0.2) is 5.82 Å². The van der Waals surface area contributed by atoms with Crippen LogP contribution in [0, 0.1) is 0 Å². The molecule has 0 bridgehead atoms. The quantitative estimate of drug-likeness (QED) is 0.351. The van der Waals surface area contributed by atoms with E-state index in [1.807, 2.05) is 72.8 Å². The highest BCUT2D eigenvalue weighted by molar-refractivity contribution is 6.14. The zero-order chi connectivity index (χ0) is 21.7. The van der Waals surface area contributed by atoms with Gasteiger partial charge in [0, 0.05) is 0 Å². The fourth-order valence-corrected chi connectivity index (χ4v) is 5.25. The normalized spacial score (nSPS) is 12.9. The summed E-state index contributed by atoms with van der Waals surface area (Å²) in [5, 5.41) is 0. The Labute approximate surface area is 187 Å². The molecule has 0 saturated carbocycles. The molecule has 8 rings (SSSR count). The molecule has 0 radical (unpaired) electrons. The van der Waals surface area contributed by atoms with E-state index in [0.29, 0.717) is 11.4 Å². The molecule has 4 heterocycles. The molecule has 0 saturated heterocycles. The molecule has 6 nitrogen and oxygen atoms in total. The second-order valence-electron chi connectivity index (χ2n) is 8.32. The van der Waals surface area contributed by atoms with Gasteiger partial charge in [-0.05, 0) is 48.5 Å². The van der Waals surface area contributed by atoms with E-state index < -0.39 is 0 Å². The maximum Gasteiger partial charge on any atom is 0.264 e. The van der Waals surface area contributed by atoms with Gasteiger partial charge in [-0.2, -0.15) is 0 Å². The molecule has 0 unspecified atom stereocenters. The maximum absolute atomic E-state index is 13.4. The van der Waals surface area contributed by atoms with Crippen LogP contribution in [0.5, 0.6) is 0 Å². The van der Waals surface area contributed by atoms with Crippen molar-refractivity contribution < 1.29 is 4.79 Å². The first-order valence-corrected chi connectivity index (χ1v) is 10.8. The minimum absolute atomic E-state index is 0.0449. The minimum atomic E-state index is -0.0449. The number of para-hydroxylation sites is 6. The first-order valence-electron chi connectivity index (χ1n) is 10.8. The Morgan fingerprint density at radius 2 is 1.24 bits per heavy atom. The lowest BCUT2D eigenvalue weighted by Crippen LogP contribution is -2.05. The number of hydrogen-bond acceptors (Lipinski definition) is 3. The molecule has 6 heteroatoms. The highest BCUT2D eigenvalue weighted by Gasteiger charge is 2.33. The van der Waals surface area contributed by atoms with Crippen molar-refractivity contribution in [1.29, 1.82) is 0 Å². The number of imidazole rings is 3. The van der Waals surface area contributed by atoms with Crippen LogP contribution >= 0.6 is 0 Å². The molecular weight excluding hydrogens is 410 g/mol. The predicted molar refractivity (Wildman–Crippen MR) is 128 cm³/mol. The van der Waals surface area contributed by atoms with E-state index in [1.165, 1.54) is 0 Å². The minimum Gasteiger partial charge on any atom is -0.277 e. The largest absolute Gasteiger partial charge is 0.277 e. The van der Waals surface area contributed by atoms with Gasteiger partial charge in [-0.25, -0.2) is 9.97 Å². The summed E-state index contributed by atoms with van der Waals surface area (Å²) in [5.74, 6) is 1.45. The summed E-state index contributed by atoms with van der Waals surface area (Å²) < 4.78 is 6.06. The van der Waals surface area contributed by atoms with E-state index in [2.05, 4.69) is 27.2 Å². The number of fused-ring (bicyclic) bond motifs is 10. The van der Waals surface area contributed by atoms with Crippen LogP contribution in [0.4, 0.5) is 0 Å². The van der Waals surface area contributed by atoms with Crippen molar-refractivity contribution in [2.45, 2.75) is 0 Å². The fourth-order valence-electron chi connectivity index (χ4n) is 5.25. The maximum atomic E-state index is 13.4. The number of nitrogens with zero attached hydrogens (tertiary/aromatic N) is 5. The summed E-state index contributed by atoms with van der Waals surface area (Å²) in [4.78, 5) is 23.3. The molecule has 0 spiro atoms. The third kappa shape index (κ3) is 1.96. The fraction of sp³-hybridized carbons (Fsp3) is 0. The first-order chi connectivity index (χ1) is 16.3. The molecule has 1 aliphatic rings. The van der Waals surface area contributed by atoms with Crippen LogP contribution in [0.2, 0.25) is 0 Å². The van der Waals surface area contributed by atoms with Gasteiger partial charge in [0.05, 0.1) is 49.9 Å². The highest BCUT2D eigenvalue weighted by atomic mass is 16.2. The molecule has 3 aromatic heterocycles. The summed E-state index contributed by atoms with van der Waals surface area (Å²) in [6, 6.07) is 30.1. The van der Waals surface area contributed by atoms with Crippen molar-refractivity contribution in [1.82, 2.24) is 23.5 Å². The first kappa shape index (κ1) is 16.9. The molecule has 0 aliphatic carbocycles. The van der Waals surface area contributed by atoms with Crippen LogP contribution in [0.3, 0.4) is 0 Å². The molecule has 1 aliphatic heterocycles. The summed E-state index contributed by atoms with van der Waals surface area (Å²) in [5.41, 5.74) is 8.13. The highest BCUT2D eigenvalue weighted by Crippen LogP contribution is 2.40. The zero-order valence-corrected chi connectivity index (χ0v) is 17.3. The Morgan fingerprint density at radius 1 is 0.576 bits per heavy atom. The van der Waals surface area contributed by atoms with E-state index in [4.69, 9.17) is 9.97 Å². The van der Waals surface area contributed by atoms with Crippen molar-refractivity contribution >= 4 is 44.8 Å². The average molecular weight is 425 g/mol. The second kappa shape index (κ2) is 5.75. The monoisotopic (exact) mass is 425 g/mol. The Morgan fingerprint density at radius 3 is 2.06 bits per heavy atom. The van der Waals surface area contributed by atoms with Gasteiger partial charge in [-0.1, -0.05) is 42.5 Å². The van der Waals surface area contributed by atoms with Crippen LogP contribution in [0.1, 0.15) is 10.4 Å². The number of carbonyl (C=O) groups excluding carboxylic acids is 1. The van der Waals surface area contributed by atoms with Crippen LogP contribution < -0.4 is 0 Å². The third-order valence-electron chi connectivity index (χ3n) is 6.61. The standard InChI is InChI=1S/C27H15N5O/c33-26-16-8-7-15-23(24(16)25-28-17-9-1-4-12-20(17)32(25)26)31-22-14-6-5-13-21(22)30-19-11-3-2-10-18(19)29-27(30)31/h1-15H. The van der Waals surface area contributed by atoms with E-state index in [1.54, 1.807) is 4.57 Å². The number of aromatic nitrogens is 5. The number of carbonyl (C=O) groups is 1. The van der Waals surface area contributed by atoms with Crippen molar-refractivity contribution in [2.24, 2.45) is 0 Å². The van der Waals surface area contributed by atoms with Crippen LogP contribution in [-0.2, 0) is 0 Å². The van der Waals surface area contributed by atoms with Crippen LogP contribution in [-0.4, -0.2) is 29.4 Å². The summed E-state index contributed by atoms with van der Waals surface area (Å²) in [6.07, 6.45) is 0. The molecule has 33 heavy (non-hydrogen) atoms. The molecule has 154 valence electrons. The Bertz CT molecular complexity index is 1950. The number of rotatable bonds is 1. The van der Waals surface area contributed by atoms with E-state index in [-0.39, 0.29) is 5.91 Å². The third-order valence-corrected chi connectivity index (χ3v) is 6.61. The van der Waals surface area contributed by atoms with Gasteiger partial charge in [0.1, 0.15) is 0 Å². The Balaban J connectivity index is 1.56. The SMILES string of the molecule is O=C1c2cccc(-n3c4ccccc4n4c5ccccc5nc34)c2-c2nc3ccccc3n21. The Kier molecular flexibility index (Phi) is 2.95. The van der Waals surface area contributed by atoms with Gasteiger partial charge < -0.3 is 0 Å².